The normalized spacial score (nSPS) is 19.6. The quantitative estimate of drug-likeness (QED) is 0.881. The molecule has 4 nitrogen and oxygen atoms in total. The highest BCUT2D eigenvalue weighted by molar-refractivity contribution is 5.81. The topological polar surface area (TPSA) is 50.4 Å². The van der Waals surface area contributed by atoms with E-state index in [0.717, 1.165) is 12.1 Å². The van der Waals surface area contributed by atoms with E-state index in [1.54, 1.807) is 0 Å². The summed E-state index contributed by atoms with van der Waals surface area (Å²) in [6.45, 7) is 1.59. The summed E-state index contributed by atoms with van der Waals surface area (Å²) in [5, 5.41) is 5.58. The third-order valence-corrected chi connectivity index (χ3v) is 2.94. The number of benzene rings is 1. The average molecular weight is 288 g/mol. The first kappa shape index (κ1) is 14.8. The molecule has 1 aromatic carbocycles. The fourth-order valence-corrected chi connectivity index (χ4v) is 1.89. The molecule has 1 aromatic rings. The maximum Gasteiger partial charge on any atom is 0.416 e. The van der Waals surface area contributed by atoms with E-state index in [9.17, 15) is 18.0 Å². The summed E-state index contributed by atoms with van der Waals surface area (Å²) in [6, 6.07) is 4.89. The number of carbonyl (C=O) groups is 1. The summed E-state index contributed by atoms with van der Waals surface area (Å²) in [4.78, 5) is 11.8. The van der Waals surface area contributed by atoms with Crippen molar-refractivity contribution in [3.8, 4) is 0 Å². The number of morpholine rings is 1. The lowest BCUT2D eigenvalue weighted by atomic mass is 10.1. The Labute approximate surface area is 114 Å². The lowest BCUT2D eigenvalue weighted by Crippen LogP contribution is -2.47. The number of hydrogen-bond acceptors (Lipinski definition) is 3. The maximum absolute atomic E-state index is 12.5. The predicted molar refractivity (Wildman–Crippen MR) is 65.9 cm³/mol. The maximum atomic E-state index is 12.5. The molecule has 1 fully saturated rings. The fraction of sp³-hybridized carbons (Fsp3) is 0.462. The van der Waals surface area contributed by atoms with E-state index < -0.39 is 17.8 Å². The van der Waals surface area contributed by atoms with E-state index in [1.807, 2.05) is 0 Å². The summed E-state index contributed by atoms with van der Waals surface area (Å²) in [5.41, 5.74) is -0.322. The highest BCUT2D eigenvalue weighted by atomic mass is 19.4. The van der Waals surface area contributed by atoms with Crippen LogP contribution < -0.4 is 10.6 Å². The number of nitrogens with one attached hydrogen (secondary N) is 2. The molecule has 1 atom stereocenters. The summed E-state index contributed by atoms with van der Waals surface area (Å²) in [7, 11) is 0. The van der Waals surface area contributed by atoms with Gasteiger partial charge in [0.05, 0.1) is 12.2 Å². The van der Waals surface area contributed by atoms with Crippen LogP contribution in [0.5, 0.6) is 0 Å². The molecule has 7 heteroatoms. The van der Waals surface area contributed by atoms with Crippen LogP contribution in [0.4, 0.5) is 13.2 Å². The molecule has 2 rings (SSSR count). The van der Waals surface area contributed by atoms with Gasteiger partial charge in [0.1, 0.15) is 6.10 Å². The molecule has 1 amide bonds. The number of ether oxygens (including phenoxy) is 1. The molecule has 20 heavy (non-hydrogen) atoms. The van der Waals surface area contributed by atoms with Gasteiger partial charge in [-0.25, -0.2) is 0 Å². The lowest BCUT2D eigenvalue weighted by Gasteiger charge is -2.22. The average Bonchev–Trinajstić information content (AvgIpc) is 2.45. The van der Waals surface area contributed by atoms with Crippen molar-refractivity contribution in [2.24, 2.45) is 0 Å². The van der Waals surface area contributed by atoms with Gasteiger partial charge in [-0.05, 0) is 17.7 Å². The Balaban J connectivity index is 1.92. The molecular formula is C13H15F3N2O2. The standard InChI is InChI=1S/C13H15F3N2O2/c14-13(15,16)10-3-1-2-9(6-10)7-18-12(19)11-8-17-4-5-20-11/h1-3,6,11,17H,4-5,7-8H2,(H,18,19)/t11-/m0/s1. The number of carbonyl (C=O) groups excluding carboxylic acids is 1. The smallest absolute Gasteiger partial charge is 0.366 e. The molecular weight excluding hydrogens is 273 g/mol. The van der Waals surface area contributed by atoms with Crippen molar-refractivity contribution in [1.82, 2.24) is 10.6 Å². The van der Waals surface area contributed by atoms with Gasteiger partial charge in [0.25, 0.3) is 5.91 Å². The fourth-order valence-electron chi connectivity index (χ4n) is 1.89. The molecule has 0 spiro atoms. The van der Waals surface area contributed by atoms with Crippen LogP contribution in [0.15, 0.2) is 24.3 Å². The molecule has 0 bridgehead atoms. The van der Waals surface area contributed by atoms with Gasteiger partial charge in [0, 0.05) is 19.6 Å². The molecule has 1 aliphatic rings. The van der Waals surface area contributed by atoms with Gasteiger partial charge in [0.15, 0.2) is 0 Å². The third-order valence-electron chi connectivity index (χ3n) is 2.94. The van der Waals surface area contributed by atoms with Crippen LogP contribution in [0.25, 0.3) is 0 Å². The monoisotopic (exact) mass is 288 g/mol. The van der Waals surface area contributed by atoms with Gasteiger partial charge >= 0.3 is 6.18 Å². The van der Waals surface area contributed by atoms with E-state index in [-0.39, 0.29) is 12.5 Å². The van der Waals surface area contributed by atoms with Crippen LogP contribution in [0.2, 0.25) is 0 Å². The van der Waals surface area contributed by atoms with Crippen LogP contribution in [-0.4, -0.2) is 31.7 Å². The lowest BCUT2D eigenvalue weighted by molar-refractivity contribution is -0.137. The summed E-state index contributed by atoms with van der Waals surface area (Å²) in [6.07, 6.45) is -4.97. The van der Waals surface area contributed by atoms with Crippen molar-refractivity contribution in [3.63, 3.8) is 0 Å². The Bertz CT molecular complexity index is 471. The Morgan fingerprint density at radius 3 is 2.90 bits per heavy atom. The van der Waals surface area contributed by atoms with Crippen molar-refractivity contribution < 1.29 is 22.7 Å². The second kappa shape index (κ2) is 6.23. The van der Waals surface area contributed by atoms with Gasteiger partial charge in [-0.15, -0.1) is 0 Å². The summed E-state index contributed by atoms with van der Waals surface area (Å²) < 4.78 is 42.9. The molecule has 0 aromatic heterocycles. The second-order valence-corrected chi connectivity index (χ2v) is 4.48. The molecule has 0 saturated carbocycles. The molecule has 2 N–H and O–H groups in total. The van der Waals surface area contributed by atoms with Crippen LogP contribution in [0, 0.1) is 0 Å². The van der Waals surface area contributed by atoms with E-state index in [0.29, 0.717) is 25.3 Å². The zero-order chi connectivity index (χ0) is 14.6. The molecule has 1 heterocycles. The third kappa shape index (κ3) is 3.94. The second-order valence-electron chi connectivity index (χ2n) is 4.48. The summed E-state index contributed by atoms with van der Waals surface area (Å²) >= 11 is 0. The van der Waals surface area contributed by atoms with Crippen LogP contribution in [-0.2, 0) is 22.3 Å². The number of halogens is 3. The highest BCUT2D eigenvalue weighted by Gasteiger charge is 2.30. The van der Waals surface area contributed by atoms with Gasteiger partial charge in [-0.1, -0.05) is 12.1 Å². The highest BCUT2D eigenvalue weighted by Crippen LogP contribution is 2.29. The Morgan fingerprint density at radius 2 is 2.25 bits per heavy atom. The molecule has 1 saturated heterocycles. The van der Waals surface area contributed by atoms with Crippen LogP contribution in [0.1, 0.15) is 11.1 Å². The van der Waals surface area contributed by atoms with Crippen molar-refractivity contribution in [2.75, 3.05) is 19.7 Å². The Kier molecular flexibility index (Phi) is 4.61. The largest absolute Gasteiger partial charge is 0.416 e. The number of amides is 1. The van der Waals surface area contributed by atoms with Crippen molar-refractivity contribution in [2.45, 2.75) is 18.8 Å². The first-order valence-electron chi connectivity index (χ1n) is 6.23. The van der Waals surface area contributed by atoms with Crippen LogP contribution in [0.3, 0.4) is 0 Å². The van der Waals surface area contributed by atoms with Gasteiger partial charge in [0.2, 0.25) is 0 Å². The molecule has 1 aliphatic heterocycles. The Morgan fingerprint density at radius 1 is 1.45 bits per heavy atom. The van der Waals surface area contributed by atoms with Gasteiger partial charge in [-0.2, -0.15) is 13.2 Å². The summed E-state index contributed by atoms with van der Waals surface area (Å²) in [5.74, 6) is -0.324. The predicted octanol–water partition coefficient (Wildman–Crippen LogP) is 1.31. The zero-order valence-corrected chi connectivity index (χ0v) is 10.7. The van der Waals surface area contributed by atoms with Gasteiger partial charge < -0.3 is 15.4 Å². The van der Waals surface area contributed by atoms with Crippen molar-refractivity contribution in [3.05, 3.63) is 35.4 Å². The minimum atomic E-state index is -4.38. The zero-order valence-electron chi connectivity index (χ0n) is 10.7. The minimum Gasteiger partial charge on any atom is -0.366 e. The van der Waals surface area contributed by atoms with Gasteiger partial charge in [-0.3, -0.25) is 4.79 Å². The molecule has 0 radical (unpaired) electrons. The Hall–Kier alpha value is -1.60. The molecule has 110 valence electrons. The number of rotatable bonds is 3. The van der Waals surface area contributed by atoms with Crippen LogP contribution >= 0.6 is 0 Å². The SMILES string of the molecule is O=C(NCc1cccc(C(F)(F)F)c1)[C@@H]1CNCCO1. The molecule has 0 unspecified atom stereocenters. The number of hydrogen-bond donors (Lipinski definition) is 2. The van der Waals surface area contributed by atoms with E-state index in [1.165, 1.54) is 12.1 Å². The van der Waals surface area contributed by atoms with E-state index >= 15 is 0 Å². The van der Waals surface area contributed by atoms with Crippen molar-refractivity contribution >= 4 is 5.91 Å². The van der Waals surface area contributed by atoms with Crippen molar-refractivity contribution in [1.29, 1.82) is 0 Å². The molecule has 0 aliphatic carbocycles. The number of alkyl halides is 3. The van der Waals surface area contributed by atoms with E-state index in [2.05, 4.69) is 10.6 Å². The van der Waals surface area contributed by atoms with E-state index in [4.69, 9.17) is 4.74 Å². The first-order chi connectivity index (χ1) is 9.47. The first-order valence-corrected chi connectivity index (χ1v) is 6.23. The minimum absolute atomic E-state index is 0.0443.